The van der Waals surface area contributed by atoms with Gasteiger partial charge in [-0.15, -0.1) is 12.4 Å². The van der Waals surface area contributed by atoms with Gasteiger partial charge in [0, 0.05) is 25.6 Å². The highest BCUT2D eigenvalue weighted by Crippen LogP contribution is 2.09. The van der Waals surface area contributed by atoms with Crippen molar-refractivity contribution in [3.05, 3.63) is 30.1 Å². The molecule has 1 amide bonds. The Morgan fingerprint density at radius 2 is 1.87 bits per heavy atom. The first-order valence-electron chi connectivity index (χ1n) is 7.10. The summed E-state index contributed by atoms with van der Waals surface area (Å²) in [6.45, 7) is 5.20. The minimum atomic E-state index is -3.72. The van der Waals surface area contributed by atoms with Crippen molar-refractivity contribution in [1.82, 2.24) is 15.4 Å². The van der Waals surface area contributed by atoms with Crippen molar-refractivity contribution in [2.24, 2.45) is 0 Å². The lowest BCUT2D eigenvalue weighted by Gasteiger charge is -2.13. The molecule has 0 aliphatic carbocycles. The zero-order chi connectivity index (χ0) is 16.6. The number of halogens is 2. The Morgan fingerprint density at radius 3 is 2.43 bits per heavy atom. The number of rotatable bonds is 9. The lowest BCUT2D eigenvalue weighted by atomic mass is 10.3. The number of hydrogen-bond acceptors (Lipinski definition) is 4. The average Bonchev–Trinajstić information content (AvgIpc) is 2.46. The number of sulfonamides is 1. The largest absolute Gasteiger partial charge is 0.355 e. The molecule has 0 heterocycles. The Bertz CT molecular complexity index is 581. The second-order valence-electron chi connectivity index (χ2n) is 4.86. The molecule has 3 N–H and O–H groups in total. The van der Waals surface area contributed by atoms with Crippen LogP contribution in [0.3, 0.4) is 0 Å². The highest BCUT2D eigenvalue weighted by molar-refractivity contribution is 7.89. The highest BCUT2D eigenvalue weighted by atomic mass is 35.5. The Labute approximate surface area is 142 Å². The lowest BCUT2D eigenvalue weighted by molar-refractivity contribution is -0.121. The summed E-state index contributed by atoms with van der Waals surface area (Å²) in [5.74, 6) is -0.736. The Hall–Kier alpha value is -1.22. The van der Waals surface area contributed by atoms with E-state index >= 15 is 0 Å². The van der Waals surface area contributed by atoms with Gasteiger partial charge in [0.1, 0.15) is 5.82 Å². The first-order valence-corrected chi connectivity index (χ1v) is 8.58. The molecule has 23 heavy (non-hydrogen) atoms. The fourth-order valence-corrected chi connectivity index (χ4v) is 2.80. The summed E-state index contributed by atoms with van der Waals surface area (Å²) in [6, 6.07) is 4.66. The molecule has 0 fully saturated rings. The molecule has 1 aromatic rings. The normalized spacial score (nSPS) is 12.3. The second-order valence-corrected chi connectivity index (χ2v) is 6.63. The molecule has 1 aromatic carbocycles. The molecule has 0 spiro atoms. The van der Waals surface area contributed by atoms with Crippen LogP contribution in [-0.4, -0.2) is 40.0 Å². The number of hydrogen-bond donors (Lipinski definition) is 3. The van der Waals surface area contributed by atoms with Crippen molar-refractivity contribution in [1.29, 1.82) is 0 Å². The number of amides is 1. The second kappa shape index (κ2) is 10.5. The van der Waals surface area contributed by atoms with Crippen LogP contribution in [0.2, 0.25) is 0 Å². The predicted molar refractivity (Wildman–Crippen MR) is 89.6 cm³/mol. The quantitative estimate of drug-likeness (QED) is 0.608. The molecule has 0 radical (unpaired) electrons. The highest BCUT2D eigenvalue weighted by Gasteiger charge is 2.14. The van der Waals surface area contributed by atoms with Gasteiger partial charge < -0.3 is 10.6 Å². The number of carbonyl (C=O) groups excluding carboxylic acids is 1. The van der Waals surface area contributed by atoms with Crippen LogP contribution in [0.5, 0.6) is 0 Å². The standard InChI is InChI=1S/C14H22FN3O3S.ClH/c1-3-16-11(2)10-17-14(19)8-9-18-22(20,21)13-6-4-12(15)5-7-13;/h4-7,11,16,18H,3,8-10H2,1-2H3,(H,17,19);1H/t11-;/m1./s1. The van der Waals surface area contributed by atoms with Gasteiger partial charge in [-0.2, -0.15) is 0 Å². The van der Waals surface area contributed by atoms with E-state index in [1.165, 1.54) is 12.1 Å². The van der Waals surface area contributed by atoms with Crippen LogP contribution in [0.15, 0.2) is 29.2 Å². The van der Waals surface area contributed by atoms with E-state index in [-0.39, 0.29) is 42.2 Å². The summed E-state index contributed by atoms with van der Waals surface area (Å²) in [7, 11) is -3.72. The molecule has 6 nitrogen and oxygen atoms in total. The summed E-state index contributed by atoms with van der Waals surface area (Å²) >= 11 is 0. The zero-order valence-corrected chi connectivity index (χ0v) is 14.8. The van der Waals surface area contributed by atoms with Crippen molar-refractivity contribution in [3.8, 4) is 0 Å². The van der Waals surface area contributed by atoms with Crippen LogP contribution >= 0.6 is 12.4 Å². The van der Waals surface area contributed by atoms with Gasteiger partial charge in [0.2, 0.25) is 15.9 Å². The Kier molecular flexibility index (Phi) is 9.98. The number of carbonyl (C=O) groups is 1. The van der Waals surface area contributed by atoms with Gasteiger partial charge in [0.15, 0.2) is 0 Å². The molecule has 1 atom stereocenters. The van der Waals surface area contributed by atoms with Crippen LogP contribution in [0, 0.1) is 5.82 Å². The molecule has 0 aliphatic rings. The van der Waals surface area contributed by atoms with E-state index in [2.05, 4.69) is 15.4 Å². The predicted octanol–water partition coefficient (Wildman–Crippen LogP) is 1.03. The van der Waals surface area contributed by atoms with Crippen molar-refractivity contribution >= 4 is 28.3 Å². The SMILES string of the molecule is CCN[C@H](C)CNC(=O)CCNS(=O)(=O)c1ccc(F)cc1.Cl. The van der Waals surface area contributed by atoms with E-state index in [1.54, 1.807) is 0 Å². The first-order chi connectivity index (χ1) is 10.3. The molecule has 0 saturated heterocycles. The summed E-state index contributed by atoms with van der Waals surface area (Å²) in [4.78, 5) is 11.6. The first kappa shape index (κ1) is 21.8. The molecular formula is C14H23ClFN3O3S. The van der Waals surface area contributed by atoms with Gasteiger partial charge in [-0.3, -0.25) is 4.79 Å². The van der Waals surface area contributed by atoms with E-state index in [9.17, 15) is 17.6 Å². The van der Waals surface area contributed by atoms with Gasteiger partial charge in [-0.05, 0) is 37.7 Å². The molecule has 1 rings (SSSR count). The maximum absolute atomic E-state index is 12.8. The molecule has 0 saturated carbocycles. The van der Waals surface area contributed by atoms with E-state index < -0.39 is 15.8 Å². The van der Waals surface area contributed by atoms with Crippen LogP contribution in [0.1, 0.15) is 20.3 Å². The van der Waals surface area contributed by atoms with Crippen molar-refractivity contribution in [2.75, 3.05) is 19.6 Å². The molecule has 0 unspecified atom stereocenters. The van der Waals surface area contributed by atoms with Gasteiger partial charge in [-0.25, -0.2) is 17.5 Å². The molecular weight excluding hydrogens is 345 g/mol. The van der Waals surface area contributed by atoms with Gasteiger partial charge in [-0.1, -0.05) is 6.92 Å². The third-order valence-corrected chi connectivity index (χ3v) is 4.40. The molecule has 0 aliphatic heterocycles. The third kappa shape index (κ3) is 8.26. The number of nitrogens with one attached hydrogen (secondary N) is 3. The van der Waals surface area contributed by atoms with Gasteiger partial charge in [0.05, 0.1) is 4.90 Å². The van der Waals surface area contributed by atoms with Gasteiger partial charge in [0.25, 0.3) is 0 Å². The van der Waals surface area contributed by atoms with Crippen molar-refractivity contribution in [2.45, 2.75) is 31.2 Å². The van der Waals surface area contributed by atoms with E-state index in [1.807, 2.05) is 13.8 Å². The lowest BCUT2D eigenvalue weighted by Crippen LogP contribution is -2.39. The summed E-state index contributed by atoms with van der Waals surface area (Å²) < 4.78 is 38.9. The van der Waals surface area contributed by atoms with Gasteiger partial charge >= 0.3 is 0 Å². The smallest absolute Gasteiger partial charge is 0.240 e. The molecule has 132 valence electrons. The summed E-state index contributed by atoms with van der Waals surface area (Å²) in [5, 5.41) is 5.87. The van der Waals surface area contributed by atoms with Crippen molar-refractivity contribution in [3.63, 3.8) is 0 Å². The van der Waals surface area contributed by atoms with E-state index in [0.717, 1.165) is 18.7 Å². The minimum absolute atomic E-state index is 0. The topological polar surface area (TPSA) is 87.3 Å². The molecule has 0 aromatic heterocycles. The Morgan fingerprint density at radius 1 is 1.26 bits per heavy atom. The van der Waals surface area contributed by atoms with Crippen LogP contribution in [-0.2, 0) is 14.8 Å². The van der Waals surface area contributed by atoms with Crippen LogP contribution in [0.4, 0.5) is 4.39 Å². The molecule has 0 bridgehead atoms. The number of likely N-dealkylation sites (N-methyl/N-ethyl adjacent to an activating group) is 1. The fraction of sp³-hybridized carbons (Fsp3) is 0.500. The maximum atomic E-state index is 12.8. The van der Waals surface area contributed by atoms with Crippen LogP contribution < -0.4 is 15.4 Å². The maximum Gasteiger partial charge on any atom is 0.240 e. The summed E-state index contributed by atoms with van der Waals surface area (Å²) in [6.07, 6.45) is 0.0409. The van der Waals surface area contributed by atoms with Crippen LogP contribution in [0.25, 0.3) is 0 Å². The average molecular weight is 368 g/mol. The third-order valence-electron chi connectivity index (χ3n) is 2.93. The monoisotopic (exact) mass is 367 g/mol. The number of benzene rings is 1. The Balaban J connectivity index is 0.00000484. The summed E-state index contributed by atoms with van der Waals surface area (Å²) in [5.41, 5.74) is 0. The molecule has 9 heteroatoms. The zero-order valence-electron chi connectivity index (χ0n) is 13.1. The van der Waals surface area contributed by atoms with E-state index in [4.69, 9.17) is 0 Å². The fourth-order valence-electron chi connectivity index (χ4n) is 1.77. The van der Waals surface area contributed by atoms with Crippen molar-refractivity contribution < 1.29 is 17.6 Å². The van der Waals surface area contributed by atoms with E-state index in [0.29, 0.717) is 6.54 Å². The minimum Gasteiger partial charge on any atom is -0.355 e.